The average Bonchev–Trinajstić information content (AvgIpc) is 3.32. The molecule has 0 rings (SSSR count). The Morgan fingerprint density at radius 2 is 0.716 bits per heavy atom. The number of carbonyl (C=O) groups is 2. The van der Waals surface area contributed by atoms with Crippen molar-refractivity contribution in [2.24, 2.45) is 0 Å². The number of hydrogen-bond donors (Lipinski definition) is 3. The average molecular weight is 947 g/mol. The van der Waals surface area contributed by atoms with Crippen LogP contribution < -0.4 is 5.32 Å². The minimum atomic E-state index is -0.784. The first-order valence-electron chi connectivity index (χ1n) is 30.4. The Hall–Kier alpha value is -1.40. The van der Waals surface area contributed by atoms with Crippen molar-refractivity contribution >= 4 is 11.9 Å². The van der Waals surface area contributed by atoms with E-state index >= 15 is 0 Å². The maximum atomic E-state index is 13.3. The number of aliphatic hydroxyl groups excluding tert-OH is 2. The summed E-state index contributed by atoms with van der Waals surface area (Å²) in [7, 11) is 0. The lowest BCUT2D eigenvalue weighted by atomic mass is 10.0. The Morgan fingerprint density at radius 1 is 0.418 bits per heavy atom. The molecule has 0 aromatic heterocycles. The van der Waals surface area contributed by atoms with E-state index in [1.165, 1.54) is 244 Å². The van der Waals surface area contributed by atoms with E-state index in [9.17, 15) is 19.8 Å². The molecule has 398 valence electrons. The van der Waals surface area contributed by atoms with Crippen molar-refractivity contribution in [3.05, 3.63) is 12.2 Å². The Kier molecular flexibility index (Phi) is 54.4. The van der Waals surface area contributed by atoms with E-state index in [-0.39, 0.29) is 24.9 Å². The first-order chi connectivity index (χ1) is 33.0. The highest BCUT2D eigenvalue weighted by Gasteiger charge is 2.24. The predicted octanol–water partition coefficient (Wildman–Crippen LogP) is 18.9. The van der Waals surface area contributed by atoms with Crippen molar-refractivity contribution in [2.45, 2.75) is 360 Å². The zero-order valence-electron chi connectivity index (χ0n) is 45.6. The third kappa shape index (κ3) is 50.8. The molecule has 0 aromatic carbocycles. The molecule has 3 atom stereocenters. The normalized spacial score (nSPS) is 13.1. The van der Waals surface area contributed by atoms with Crippen LogP contribution in [0, 0.1) is 0 Å². The van der Waals surface area contributed by atoms with Gasteiger partial charge in [-0.1, -0.05) is 290 Å². The number of rotatable bonds is 56. The van der Waals surface area contributed by atoms with E-state index in [0.29, 0.717) is 19.3 Å². The lowest BCUT2D eigenvalue weighted by Crippen LogP contribution is -2.46. The van der Waals surface area contributed by atoms with Crippen LogP contribution in [0.15, 0.2) is 12.2 Å². The zero-order chi connectivity index (χ0) is 48.8. The van der Waals surface area contributed by atoms with Crippen molar-refractivity contribution in [1.82, 2.24) is 5.32 Å². The summed E-state index contributed by atoms with van der Waals surface area (Å²) in [5.74, 6) is -0.452. The van der Waals surface area contributed by atoms with Gasteiger partial charge in [0, 0.05) is 6.42 Å². The highest BCUT2D eigenvalue weighted by Crippen LogP contribution is 2.19. The maximum absolute atomic E-state index is 13.3. The van der Waals surface area contributed by atoms with Crippen LogP contribution in [0.25, 0.3) is 0 Å². The standard InChI is InChI=1S/C61H119NO5/c1-4-7-10-13-16-19-22-25-27-29-31-33-36-39-42-45-48-51-54-61(66)67-57(52-49-46-43-40-37-35-32-30-28-26-23-20-17-14-11-8-5-2)55-60(65)62-58(56-63)59(64)53-50-47-44-41-38-34-24-21-18-15-12-9-6-3/h26,28,57-59,63-64H,4-25,27,29-56H2,1-3H3,(H,62,65)/b28-26+. The van der Waals surface area contributed by atoms with E-state index in [0.717, 1.165) is 51.4 Å². The highest BCUT2D eigenvalue weighted by molar-refractivity contribution is 5.77. The van der Waals surface area contributed by atoms with E-state index in [2.05, 4.69) is 38.2 Å². The molecule has 0 heterocycles. The number of nitrogens with one attached hydrogen (secondary N) is 1. The molecule has 0 aliphatic carbocycles. The Balaban J connectivity index is 4.50. The van der Waals surface area contributed by atoms with Crippen molar-refractivity contribution < 1.29 is 24.5 Å². The molecule has 0 aliphatic rings. The minimum absolute atomic E-state index is 0.0825. The molecule has 3 unspecified atom stereocenters. The second-order valence-electron chi connectivity index (χ2n) is 21.1. The van der Waals surface area contributed by atoms with Crippen LogP contribution in [-0.4, -0.2) is 46.9 Å². The van der Waals surface area contributed by atoms with Gasteiger partial charge in [0.25, 0.3) is 0 Å². The second-order valence-corrected chi connectivity index (χ2v) is 21.1. The summed E-state index contributed by atoms with van der Waals surface area (Å²) in [6, 6.07) is -0.697. The van der Waals surface area contributed by atoms with Crippen LogP contribution in [0.1, 0.15) is 342 Å². The van der Waals surface area contributed by atoms with Crippen LogP contribution >= 0.6 is 0 Å². The Labute approximate surface area is 419 Å². The van der Waals surface area contributed by atoms with Gasteiger partial charge in [-0.05, 0) is 51.4 Å². The number of aliphatic hydroxyl groups is 2. The number of ether oxygens (including phenoxy) is 1. The van der Waals surface area contributed by atoms with Gasteiger partial charge in [0.1, 0.15) is 6.10 Å². The molecule has 67 heavy (non-hydrogen) atoms. The van der Waals surface area contributed by atoms with E-state index in [1.807, 2.05) is 0 Å². The van der Waals surface area contributed by atoms with Crippen molar-refractivity contribution in [2.75, 3.05) is 6.61 Å². The summed E-state index contributed by atoms with van der Waals surface area (Å²) in [4.78, 5) is 26.3. The number of hydrogen-bond acceptors (Lipinski definition) is 5. The van der Waals surface area contributed by atoms with Gasteiger partial charge in [0.2, 0.25) is 5.91 Å². The van der Waals surface area contributed by atoms with Gasteiger partial charge in [-0.3, -0.25) is 9.59 Å². The third-order valence-corrected chi connectivity index (χ3v) is 14.3. The summed E-state index contributed by atoms with van der Waals surface area (Å²) in [6.45, 7) is 6.53. The monoisotopic (exact) mass is 946 g/mol. The zero-order valence-corrected chi connectivity index (χ0v) is 45.6. The number of esters is 1. The van der Waals surface area contributed by atoms with Crippen molar-refractivity contribution in [3.8, 4) is 0 Å². The number of unbranched alkanes of at least 4 members (excludes halogenated alkanes) is 42. The van der Waals surface area contributed by atoms with Gasteiger partial charge in [-0.15, -0.1) is 0 Å². The SMILES string of the molecule is CCCCCCCC/C=C/CCCCCCCCCC(CC(=O)NC(CO)C(O)CCCCCCCCCCCCCCC)OC(=O)CCCCCCCCCCCCCCCCCCCC. The Morgan fingerprint density at radius 3 is 1.06 bits per heavy atom. The fourth-order valence-corrected chi connectivity index (χ4v) is 9.72. The molecule has 0 fully saturated rings. The number of allylic oxidation sites excluding steroid dienone is 2. The van der Waals surface area contributed by atoms with Crippen molar-refractivity contribution in [3.63, 3.8) is 0 Å². The molecule has 6 heteroatoms. The fraction of sp³-hybridized carbons (Fsp3) is 0.934. The van der Waals surface area contributed by atoms with Crippen LogP contribution in [0.2, 0.25) is 0 Å². The molecule has 1 amide bonds. The smallest absolute Gasteiger partial charge is 0.306 e. The molecule has 0 bridgehead atoms. The molecule has 0 radical (unpaired) electrons. The van der Waals surface area contributed by atoms with Crippen molar-refractivity contribution in [1.29, 1.82) is 0 Å². The van der Waals surface area contributed by atoms with Gasteiger partial charge in [0.05, 0.1) is 25.2 Å². The maximum Gasteiger partial charge on any atom is 0.306 e. The van der Waals surface area contributed by atoms with Gasteiger partial charge in [-0.25, -0.2) is 0 Å². The van der Waals surface area contributed by atoms with Crippen LogP contribution in [0.5, 0.6) is 0 Å². The predicted molar refractivity (Wildman–Crippen MR) is 292 cm³/mol. The molecule has 6 nitrogen and oxygen atoms in total. The van der Waals surface area contributed by atoms with Gasteiger partial charge in [-0.2, -0.15) is 0 Å². The molecular weight excluding hydrogens is 827 g/mol. The summed E-state index contributed by atoms with van der Waals surface area (Å²) in [5, 5.41) is 23.9. The lowest BCUT2D eigenvalue weighted by Gasteiger charge is -2.24. The van der Waals surface area contributed by atoms with Crippen LogP contribution in [0.4, 0.5) is 0 Å². The van der Waals surface area contributed by atoms with E-state index in [1.54, 1.807) is 0 Å². The summed E-state index contributed by atoms with van der Waals surface area (Å²) in [6.07, 6.45) is 64.2. The first kappa shape index (κ1) is 65.6. The molecule has 0 spiro atoms. The summed E-state index contributed by atoms with van der Waals surface area (Å²) >= 11 is 0. The largest absolute Gasteiger partial charge is 0.462 e. The molecule has 3 N–H and O–H groups in total. The van der Waals surface area contributed by atoms with E-state index in [4.69, 9.17) is 4.74 Å². The van der Waals surface area contributed by atoms with Gasteiger partial charge >= 0.3 is 5.97 Å². The molecule has 0 aliphatic heterocycles. The number of amides is 1. The topological polar surface area (TPSA) is 95.9 Å². The molecule has 0 saturated carbocycles. The number of carbonyl (C=O) groups excluding carboxylic acids is 2. The Bertz CT molecular complexity index is 1020. The third-order valence-electron chi connectivity index (χ3n) is 14.3. The summed E-state index contributed by atoms with van der Waals surface area (Å²) in [5.41, 5.74) is 0. The molecule has 0 saturated heterocycles. The van der Waals surface area contributed by atoms with E-state index < -0.39 is 18.2 Å². The van der Waals surface area contributed by atoms with Gasteiger partial charge < -0.3 is 20.3 Å². The minimum Gasteiger partial charge on any atom is -0.462 e. The molecular formula is C61H119NO5. The molecule has 0 aromatic rings. The highest BCUT2D eigenvalue weighted by atomic mass is 16.5. The van der Waals surface area contributed by atoms with Gasteiger partial charge in [0.15, 0.2) is 0 Å². The summed E-state index contributed by atoms with van der Waals surface area (Å²) < 4.78 is 5.98. The fourth-order valence-electron chi connectivity index (χ4n) is 9.72. The van der Waals surface area contributed by atoms with Crippen LogP contribution in [0.3, 0.4) is 0 Å². The van der Waals surface area contributed by atoms with Crippen LogP contribution in [-0.2, 0) is 14.3 Å². The quantitative estimate of drug-likeness (QED) is 0.0321. The lowest BCUT2D eigenvalue weighted by molar-refractivity contribution is -0.151. The second kappa shape index (κ2) is 55.5. The first-order valence-corrected chi connectivity index (χ1v) is 30.4.